The summed E-state index contributed by atoms with van der Waals surface area (Å²) >= 11 is 0. The number of nitrogens with zero attached hydrogens (tertiary/aromatic N) is 1. The number of ether oxygens (including phenoxy) is 1. The van der Waals surface area contributed by atoms with Crippen LogP contribution in [0.5, 0.6) is 0 Å². The maximum absolute atomic E-state index is 11.4. The van der Waals surface area contributed by atoms with Crippen LogP contribution in [0.25, 0.3) is 16.7 Å². The van der Waals surface area contributed by atoms with Gasteiger partial charge in [0.1, 0.15) is 6.07 Å². The highest BCUT2D eigenvalue weighted by Gasteiger charge is 2.05. The maximum Gasteiger partial charge on any atom is 0.332 e. The molecular weight excluding hydrogens is 262 g/mol. The summed E-state index contributed by atoms with van der Waals surface area (Å²) in [6.45, 7) is 2.02. The number of nitriles is 1. The van der Waals surface area contributed by atoms with Crippen LogP contribution < -0.4 is 0 Å². The van der Waals surface area contributed by atoms with E-state index in [4.69, 9.17) is 10.00 Å². The number of carbonyl (C=O) groups is 1. The zero-order valence-electron chi connectivity index (χ0n) is 11.7. The quantitative estimate of drug-likeness (QED) is 0.485. The molecule has 0 spiro atoms. The van der Waals surface area contributed by atoms with Crippen molar-refractivity contribution >= 4 is 11.5 Å². The number of rotatable bonds is 4. The van der Waals surface area contributed by atoms with E-state index in [1.165, 1.54) is 6.08 Å². The lowest BCUT2D eigenvalue weighted by Gasteiger charge is -2.04. The lowest BCUT2D eigenvalue weighted by molar-refractivity contribution is -0.137. The van der Waals surface area contributed by atoms with E-state index in [2.05, 4.69) is 0 Å². The predicted molar refractivity (Wildman–Crippen MR) is 82.1 cm³/mol. The fraction of sp³-hybridized carbons (Fsp3) is 0.111. The van der Waals surface area contributed by atoms with Crippen molar-refractivity contribution in [1.82, 2.24) is 0 Å². The fourth-order valence-electron chi connectivity index (χ4n) is 1.95. The number of esters is 1. The van der Waals surface area contributed by atoms with E-state index in [0.29, 0.717) is 17.7 Å². The third-order valence-corrected chi connectivity index (χ3v) is 2.97. The first-order valence-corrected chi connectivity index (χ1v) is 6.69. The molecule has 0 aromatic heterocycles. The van der Waals surface area contributed by atoms with Crippen LogP contribution in [0.4, 0.5) is 0 Å². The first kappa shape index (κ1) is 14.5. The lowest BCUT2D eigenvalue weighted by atomic mass is 10.0. The van der Waals surface area contributed by atoms with Crippen LogP contribution >= 0.6 is 0 Å². The molecule has 0 amide bonds. The highest BCUT2D eigenvalue weighted by atomic mass is 16.5. The Balaban J connectivity index is 2.26. The van der Waals surface area contributed by atoms with Gasteiger partial charge in [-0.25, -0.2) is 4.79 Å². The Hall–Kier alpha value is -2.86. The van der Waals surface area contributed by atoms with Crippen LogP contribution in [-0.4, -0.2) is 12.6 Å². The Bertz CT molecular complexity index is 679. The molecule has 0 heterocycles. The zero-order chi connectivity index (χ0) is 15.1. The second kappa shape index (κ2) is 7.06. The van der Waals surface area contributed by atoms with Gasteiger partial charge in [0.25, 0.3) is 0 Å². The summed E-state index contributed by atoms with van der Waals surface area (Å²) in [5.41, 5.74) is 3.17. The smallest absolute Gasteiger partial charge is 0.332 e. The molecule has 0 aliphatic carbocycles. The first-order valence-electron chi connectivity index (χ1n) is 6.69. The second-order valence-corrected chi connectivity index (χ2v) is 4.37. The van der Waals surface area contributed by atoms with Crippen molar-refractivity contribution in [2.45, 2.75) is 6.92 Å². The van der Waals surface area contributed by atoms with Gasteiger partial charge in [0.2, 0.25) is 0 Å². The van der Waals surface area contributed by atoms with Crippen LogP contribution in [0, 0.1) is 11.3 Å². The average molecular weight is 277 g/mol. The zero-order valence-corrected chi connectivity index (χ0v) is 11.7. The van der Waals surface area contributed by atoms with Crippen molar-refractivity contribution in [2.24, 2.45) is 0 Å². The van der Waals surface area contributed by atoms with Gasteiger partial charge < -0.3 is 4.74 Å². The molecule has 3 heteroatoms. The SMILES string of the molecule is CCOC(=O)C=C(C#N)c1ccc(-c2ccccc2)cc1. The van der Waals surface area contributed by atoms with Crippen molar-refractivity contribution in [2.75, 3.05) is 6.61 Å². The standard InChI is InChI=1S/C18H15NO2/c1-2-21-18(20)12-17(13-19)16-10-8-15(9-11-16)14-6-4-3-5-7-14/h3-12H,2H2,1H3. The molecule has 0 atom stereocenters. The van der Waals surface area contributed by atoms with Crippen LogP contribution in [0.3, 0.4) is 0 Å². The minimum Gasteiger partial charge on any atom is -0.463 e. The Morgan fingerprint density at radius 1 is 1.10 bits per heavy atom. The molecule has 0 fully saturated rings. The fourth-order valence-corrected chi connectivity index (χ4v) is 1.95. The average Bonchev–Trinajstić information content (AvgIpc) is 2.54. The van der Waals surface area contributed by atoms with Gasteiger partial charge in [-0.1, -0.05) is 54.6 Å². The normalized spacial score (nSPS) is 10.8. The van der Waals surface area contributed by atoms with E-state index in [1.807, 2.05) is 60.7 Å². The Kier molecular flexibility index (Phi) is 4.89. The van der Waals surface area contributed by atoms with Crippen LogP contribution in [0.15, 0.2) is 60.7 Å². The van der Waals surface area contributed by atoms with Crippen LogP contribution in [-0.2, 0) is 9.53 Å². The van der Waals surface area contributed by atoms with E-state index in [0.717, 1.165) is 11.1 Å². The van der Waals surface area contributed by atoms with Crippen molar-refractivity contribution in [3.05, 3.63) is 66.2 Å². The molecule has 0 unspecified atom stereocenters. The summed E-state index contributed by atoms with van der Waals surface area (Å²) in [6, 6.07) is 19.5. The minimum atomic E-state index is -0.499. The summed E-state index contributed by atoms with van der Waals surface area (Å²) in [5.74, 6) is -0.499. The van der Waals surface area contributed by atoms with Crippen LogP contribution in [0.2, 0.25) is 0 Å². The summed E-state index contributed by atoms with van der Waals surface area (Å²) in [6.07, 6.45) is 1.22. The van der Waals surface area contributed by atoms with Crippen molar-refractivity contribution < 1.29 is 9.53 Å². The van der Waals surface area contributed by atoms with Gasteiger partial charge in [-0.3, -0.25) is 0 Å². The maximum atomic E-state index is 11.4. The number of hydrogen-bond donors (Lipinski definition) is 0. The van der Waals surface area contributed by atoms with Crippen molar-refractivity contribution in [1.29, 1.82) is 5.26 Å². The van der Waals surface area contributed by atoms with Gasteiger partial charge in [-0.05, 0) is 23.6 Å². The monoisotopic (exact) mass is 277 g/mol. The molecule has 3 nitrogen and oxygen atoms in total. The van der Waals surface area contributed by atoms with Gasteiger partial charge in [0.05, 0.1) is 12.2 Å². The summed E-state index contributed by atoms with van der Waals surface area (Å²) in [7, 11) is 0. The highest BCUT2D eigenvalue weighted by Crippen LogP contribution is 2.22. The number of allylic oxidation sites excluding steroid dienone is 1. The molecule has 0 radical (unpaired) electrons. The van der Waals surface area contributed by atoms with Crippen molar-refractivity contribution in [3.63, 3.8) is 0 Å². The topological polar surface area (TPSA) is 50.1 Å². The van der Waals surface area contributed by atoms with E-state index in [-0.39, 0.29) is 0 Å². The molecule has 0 bridgehead atoms. The summed E-state index contributed by atoms with van der Waals surface area (Å²) < 4.78 is 4.82. The third kappa shape index (κ3) is 3.80. The largest absolute Gasteiger partial charge is 0.463 e. The molecular formula is C18H15NO2. The Morgan fingerprint density at radius 2 is 1.71 bits per heavy atom. The molecule has 21 heavy (non-hydrogen) atoms. The Labute approximate surface area is 124 Å². The molecule has 2 rings (SSSR count). The van der Waals surface area contributed by atoms with Gasteiger partial charge in [-0.2, -0.15) is 5.26 Å². The molecule has 0 aliphatic heterocycles. The number of hydrogen-bond acceptors (Lipinski definition) is 3. The number of benzene rings is 2. The Morgan fingerprint density at radius 3 is 2.29 bits per heavy atom. The van der Waals surface area contributed by atoms with Crippen molar-refractivity contribution in [3.8, 4) is 17.2 Å². The number of carbonyl (C=O) groups excluding carboxylic acids is 1. The van der Waals surface area contributed by atoms with Crippen LogP contribution in [0.1, 0.15) is 12.5 Å². The van der Waals surface area contributed by atoms with Gasteiger partial charge in [0.15, 0.2) is 0 Å². The lowest BCUT2D eigenvalue weighted by Crippen LogP contribution is -2.00. The molecule has 0 saturated heterocycles. The molecule has 104 valence electrons. The highest BCUT2D eigenvalue weighted by molar-refractivity contribution is 5.95. The van der Waals surface area contributed by atoms with E-state index >= 15 is 0 Å². The minimum absolute atomic E-state index is 0.293. The summed E-state index contributed by atoms with van der Waals surface area (Å²) in [5, 5.41) is 9.16. The molecule has 2 aromatic rings. The molecule has 0 aliphatic rings. The van der Waals surface area contributed by atoms with E-state index in [9.17, 15) is 4.79 Å². The first-order chi connectivity index (χ1) is 10.2. The molecule has 2 aromatic carbocycles. The van der Waals surface area contributed by atoms with Gasteiger partial charge in [0, 0.05) is 6.08 Å². The predicted octanol–water partition coefficient (Wildman–Crippen LogP) is 3.82. The van der Waals surface area contributed by atoms with E-state index in [1.54, 1.807) is 6.92 Å². The van der Waals surface area contributed by atoms with E-state index < -0.39 is 5.97 Å². The summed E-state index contributed by atoms with van der Waals surface area (Å²) in [4.78, 5) is 11.4. The van der Waals surface area contributed by atoms with Gasteiger partial charge in [-0.15, -0.1) is 0 Å². The molecule has 0 saturated carbocycles. The van der Waals surface area contributed by atoms with Gasteiger partial charge >= 0.3 is 5.97 Å². The second-order valence-electron chi connectivity index (χ2n) is 4.37. The molecule has 0 N–H and O–H groups in total. The third-order valence-electron chi connectivity index (χ3n) is 2.97.